The average Bonchev–Trinajstić information content (AvgIpc) is 2.55. The minimum Gasteiger partial charge on any atom is -0.481 e. The van der Waals surface area contributed by atoms with E-state index in [1.54, 1.807) is 0 Å². The van der Waals surface area contributed by atoms with E-state index in [1.165, 1.54) is 0 Å². The number of aliphatic hydroxyl groups excluding tert-OH is 1. The highest BCUT2D eigenvalue weighted by molar-refractivity contribution is 5.74. The molecule has 0 unspecified atom stereocenters. The first-order valence-electron chi connectivity index (χ1n) is 5.46. The number of aliphatic hydroxyl groups is 1. The van der Waals surface area contributed by atoms with Crippen molar-refractivity contribution in [3.05, 3.63) is 10.1 Å². The van der Waals surface area contributed by atoms with E-state index in [1.807, 2.05) is 0 Å². The third-order valence-corrected chi connectivity index (χ3v) is 3.33. The fourth-order valence-corrected chi connectivity index (χ4v) is 2.54. The van der Waals surface area contributed by atoms with Gasteiger partial charge in [0.1, 0.15) is 0 Å². The number of methoxy groups -OCH3 is 1. The number of carboxylic acids is 1. The van der Waals surface area contributed by atoms with Crippen LogP contribution < -0.4 is 0 Å². The number of hydrogen-bond acceptors (Lipinski definition) is 6. The first kappa shape index (κ1) is 14.4. The maximum Gasteiger partial charge on any atom is 0.309 e. The van der Waals surface area contributed by atoms with Gasteiger partial charge in [0.2, 0.25) is 6.54 Å². The van der Waals surface area contributed by atoms with Gasteiger partial charge in [0, 0.05) is 16.8 Å². The third-order valence-electron chi connectivity index (χ3n) is 3.33. The van der Waals surface area contributed by atoms with Gasteiger partial charge in [-0.15, -0.1) is 0 Å². The number of hydrogen-bond donors (Lipinski definition) is 2. The van der Waals surface area contributed by atoms with E-state index in [-0.39, 0.29) is 6.42 Å². The van der Waals surface area contributed by atoms with E-state index in [0.717, 1.165) is 7.11 Å². The van der Waals surface area contributed by atoms with E-state index < -0.39 is 53.7 Å². The van der Waals surface area contributed by atoms with Crippen molar-refractivity contribution < 1.29 is 29.5 Å². The predicted molar refractivity (Wildman–Crippen MR) is 57.2 cm³/mol. The lowest BCUT2D eigenvalue weighted by molar-refractivity contribution is -0.490. The molecule has 4 atom stereocenters. The molecule has 1 rings (SSSR count). The zero-order chi connectivity index (χ0) is 13.9. The second-order valence-electron chi connectivity index (χ2n) is 4.37. The molecule has 0 radical (unpaired) electrons. The molecule has 0 aromatic heterocycles. The number of rotatable bonds is 5. The lowest BCUT2D eigenvalue weighted by atomic mass is 9.87. The van der Waals surface area contributed by atoms with Crippen molar-refractivity contribution >= 4 is 11.9 Å². The number of aliphatic carboxylic acids is 1. The average molecular weight is 261 g/mol. The van der Waals surface area contributed by atoms with Crippen molar-refractivity contribution in [1.82, 2.24) is 0 Å². The van der Waals surface area contributed by atoms with Gasteiger partial charge in [0.15, 0.2) is 0 Å². The van der Waals surface area contributed by atoms with Gasteiger partial charge in [-0.05, 0) is 6.42 Å². The molecule has 0 aromatic rings. The van der Waals surface area contributed by atoms with Crippen LogP contribution in [0.4, 0.5) is 0 Å². The van der Waals surface area contributed by atoms with Crippen molar-refractivity contribution in [2.75, 3.05) is 13.7 Å². The summed E-state index contributed by atoms with van der Waals surface area (Å²) in [6.45, 7) is -0.547. The number of nitro groups is 1. The summed E-state index contributed by atoms with van der Waals surface area (Å²) in [5, 5.41) is 29.0. The Morgan fingerprint density at radius 2 is 2.06 bits per heavy atom. The molecule has 0 bridgehead atoms. The smallest absolute Gasteiger partial charge is 0.309 e. The van der Waals surface area contributed by atoms with Gasteiger partial charge in [-0.25, -0.2) is 0 Å². The number of esters is 1. The molecule has 18 heavy (non-hydrogen) atoms. The van der Waals surface area contributed by atoms with Crippen molar-refractivity contribution in [2.24, 2.45) is 17.8 Å². The molecule has 0 saturated heterocycles. The van der Waals surface area contributed by atoms with Crippen LogP contribution in [0.25, 0.3) is 0 Å². The summed E-state index contributed by atoms with van der Waals surface area (Å²) in [5.74, 6) is -4.22. The van der Waals surface area contributed by atoms with Gasteiger partial charge in [-0.2, -0.15) is 0 Å². The Hall–Kier alpha value is -1.70. The molecule has 0 heterocycles. The first-order chi connectivity index (χ1) is 8.36. The van der Waals surface area contributed by atoms with Crippen LogP contribution in [-0.4, -0.2) is 46.8 Å². The van der Waals surface area contributed by atoms with Gasteiger partial charge < -0.3 is 14.9 Å². The Morgan fingerprint density at radius 3 is 2.50 bits per heavy atom. The molecule has 0 aliphatic heterocycles. The van der Waals surface area contributed by atoms with Crippen LogP contribution >= 0.6 is 0 Å². The van der Waals surface area contributed by atoms with Crippen molar-refractivity contribution in [3.63, 3.8) is 0 Å². The van der Waals surface area contributed by atoms with Crippen LogP contribution in [0, 0.1) is 27.9 Å². The van der Waals surface area contributed by atoms with Crippen LogP contribution in [0.3, 0.4) is 0 Å². The highest BCUT2D eigenvalue weighted by Gasteiger charge is 2.49. The Kier molecular flexibility index (Phi) is 4.60. The fourth-order valence-electron chi connectivity index (χ4n) is 2.54. The molecule has 8 heteroatoms. The van der Waals surface area contributed by atoms with Crippen LogP contribution in [0.2, 0.25) is 0 Å². The maximum absolute atomic E-state index is 11.5. The minimum atomic E-state index is -1.15. The molecule has 0 aromatic carbocycles. The molecule has 1 fully saturated rings. The molecular formula is C10H15NO7. The molecule has 2 N–H and O–H groups in total. The lowest BCUT2D eigenvalue weighted by Crippen LogP contribution is -2.31. The Bertz CT molecular complexity index is 356. The SMILES string of the molecule is COC(=O)[C@@H]1C[C@@H](O)[C@H](CC(=O)O)[C@H]1C[N+](=O)[O-]. The quantitative estimate of drug-likeness (QED) is 0.389. The van der Waals surface area contributed by atoms with Gasteiger partial charge in [-0.1, -0.05) is 0 Å². The summed E-state index contributed by atoms with van der Waals surface area (Å²) in [5.41, 5.74) is 0. The molecule has 102 valence electrons. The Morgan fingerprint density at radius 1 is 1.44 bits per heavy atom. The second-order valence-corrected chi connectivity index (χ2v) is 4.37. The third kappa shape index (κ3) is 3.16. The summed E-state index contributed by atoms with van der Waals surface area (Å²) in [7, 11) is 1.16. The zero-order valence-electron chi connectivity index (χ0n) is 9.81. The van der Waals surface area contributed by atoms with Crippen LogP contribution in [0.1, 0.15) is 12.8 Å². The van der Waals surface area contributed by atoms with Crippen LogP contribution in [-0.2, 0) is 14.3 Å². The first-order valence-corrected chi connectivity index (χ1v) is 5.46. The van der Waals surface area contributed by atoms with Crippen molar-refractivity contribution in [2.45, 2.75) is 18.9 Å². The van der Waals surface area contributed by atoms with E-state index in [4.69, 9.17) is 5.11 Å². The molecule has 1 saturated carbocycles. The van der Waals surface area contributed by atoms with Crippen LogP contribution in [0.5, 0.6) is 0 Å². The van der Waals surface area contributed by atoms with Crippen molar-refractivity contribution in [3.8, 4) is 0 Å². The Balaban J connectivity index is 2.90. The highest BCUT2D eigenvalue weighted by atomic mass is 16.6. The number of carbonyl (C=O) groups is 2. The van der Waals surface area contributed by atoms with Crippen LogP contribution in [0.15, 0.2) is 0 Å². The summed E-state index contributed by atoms with van der Waals surface area (Å²) < 4.78 is 4.53. The number of nitrogens with zero attached hydrogens (tertiary/aromatic N) is 1. The highest BCUT2D eigenvalue weighted by Crippen LogP contribution is 2.40. The van der Waals surface area contributed by atoms with E-state index >= 15 is 0 Å². The number of ether oxygens (including phenoxy) is 1. The summed E-state index contributed by atoms with van der Waals surface area (Å²) in [6.07, 6.45) is -1.42. The molecule has 0 amide bonds. The van der Waals surface area contributed by atoms with Gasteiger partial charge in [-0.3, -0.25) is 19.7 Å². The fraction of sp³-hybridized carbons (Fsp3) is 0.800. The number of carbonyl (C=O) groups excluding carboxylic acids is 1. The predicted octanol–water partition coefficient (Wildman–Crippen LogP) is -0.476. The van der Waals surface area contributed by atoms with Crippen molar-refractivity contribution in [1.29, 1.82) is 0 Å². The van der Waals surface area contributed by atoms with Gasteiger partial charge >= 0.3 is 11.9 Å². The zero-order valence-corrected chi connectivity index (χ0v) is 9.81. The van der Waals surface area contributed by atoms with E-state index in [2.05, 4.69) is 4.74 Å². The van der Waals surface area contributed by atoms with Gasteiger partial charge in [0.05, 0.1) is 25.6 Å². The second kappa shape index (κ2) is 5.76. The standard InChI is InChI=1S/C10H15NO7/c1-18-10(15)6-2-8(12)5(3-9(13)14)7(6)4-11(16)17/h5-8,12H,2-4H2,1H3,(H,13,14)/t5-,6-,7-,8-/m1/s1. The number of carboxylic acid groups (broad SMARTS) is 1. The molecule has 1 aliphatic rings. The maximum atomic E-state index is 11.5. The van der Waals surface area contributed by atoms with E-state index in [9.17, 15) is 24.8 Å². The Labute approximate surface area is 103 Å². The lowest BCUT2D eigenvalue weighted by Gasteiger charge is -2.19. The molecule has 8 nitrogen and oxygen atoms in total. The molecular weight excluding hydrogens is 246 g/mol. The minimum absolute atomic E-state index is 0.00310. The normalized spacial score (nSPS) is 31.0. The molecule has 0 spiro atoms. The van der Waals surface area contributed by atoms with Gasteiger partial charge in [0.25, 0.3) is 0 Å². The summed E-state index contributed by atoms with van der Waals surface area (Å²) >= 11 is 0. The largest absolute Gasteiger partial charge is 0.481 e. The topological polar surface area (TPSA) is 127 Å². The monoisotopic (exact) mass is 261 g/mol. The summed E-state index contributed by atoms with van der Waals surface area (Å²) in [6, 6.07) is 0. The summed E-state index contributed by atoms with van der Waals surface area (Å²) in [4.78, 5) is 32.1. The van der Waals surface area contributed by atoms with E-state index in [0.29, 0.717) is 0 Å². The molecule has 1 aliphatic carbocycles.